The Morgan fingerprint density at radius 3 is 0.640 bits per heavy atom. The van der Waals surface area contributed by atoms with E-state index in [1.54, 1.807) is 0 Å². The molecule has 0 saturated carbocycles. The van der Waals surface area contributed by atoms with E-state index in [2.05, 4.69) is 407 Å². The van der Waals surface area contributed by atoms with Crippen LogP contribution in [0.1, 0.15) is 0 Å². The van der Waals surface area contributed by atoms with Gasteiger partial charge in [0.25, 0.3) is 0 Å². The maximum absolute atomic E-state index is 2.41. The maximum Gasteiger partial charge on any atom is 0.0541 e. The summed E-state index contributed by atoms with van der Waals surface area (Å²) >= 11 is 0. The highest BCUT2D eigenvalue weighted by atomic mass is 15.0. The van der Waals surface area contributed by atoms with Crippen LogP contribution in [0.15, 0.2) is 388 Å². The van der Waals surface area contributed by atoms with Gasteiger partial charge in [-0.1, -0.05) is 267 Å². The van der Waals surface area contributed by atoms with Gasteiger partial charge in [-0.2, -0.15) is 0 Å². The monoisotopic (exact) mass is 1270 g/mol. The number of benzene rings is 16. The summed E-state index contributed by atoms with van der Waals surface area (Å²) in [5.74, 6) is 0. The lowest BCUT2D eigenvalue weighted by atomic mass is 10.00. The Kier molecular flexibility index (Phi) is 14.2. The first-order valence-corrected chi connectivity index (χ1v) is 34.4. The second kappa shape index (κ2) is 24.4. The largest absolute Gasteiger partial charge is 0.309 e. The van der Waals surface area contributed by atoms with Crippen molar-refractivity contribution in [2.45, 2.75) is 0 Å². The molecule has 0 fully saturated rings. The van der Waals surface area contributed by atoms with Gasteiger partial charge in [0.2, 0.25) is 0 Å². The predicted octanol–water partition coefficient (Wildman–Crippen LogP) is 25.8. The van der Waals surface area contributed by atoms with Crippen molar-refractivity contribution in [3.8, 4) is 89.5 Å². The van der Waals surface area contributed by atoms with Gasteiger partial charge in [0.15, 0.2) is 0 Å². The van der Waals surface area contributed by atoms with Crippen molar-refractivity contribution in [1.29, 1.82) is 0 Å². The molecule has 0 atom stereocenters. The molecule has 4 heteroatoms. The molecule has 4 nitrogen and oxygen atoms in total. The highest BCUT2D eigenvalue weighted by molar-refractivity contribution is 6.15. The van der Waals surface area contributed by atoms with Crippen LogP contribution in [-0.4, -0.2) is 18.3 Å². The third-order valence-electron chi connectivity index (χ3n) is 20.3. The Morgan fingerprint density at radius 1 is 0.110 bits per heavy atom. The molecule has 0 aliphatic rings. The molecule has 0 aliphatic carbocycles. The first kappa shape index (κ1) is 58.1. The highest BCUT2D eigenvalue weighted by Crippen LogP contribution is 2.42. The molecule has 0 bridgehead atoms. The summed E-state index contributed by atoms with van der Waals surface area (Å²) in [5, 5.41) is 10.1. The van der Waals surface area contributed by atoms with E-state index in [4.69, 9.17) is 0 Å². The summed E-state index contributed by atoms with van der Waals surface area (Å²) < 4.78 is 9.55. The maximum atomic E-state index is 2.41. The molecule has 0 saturated heterocycles. The molecular weight excluding hydrogens is 1210 g/mol. The van der Waals surface area contributed by atoms with Gasteiger partial charge in [0.05, 0.1) is 44.1 Å². The molecule has 0 aliphatic heterocycles. The van der Waals surface area contributed by atoms with Crippen LogP contribution in [0.25, 0.3) is 177 Å². The zero-order chi connectivity index (χ0) is 66.0. The van der Waals surface area contributed by atoms with Crippen LogP contribution in [-0.2, 0) is 0 Å². The van der Waals surface area contributed by atoms with E-state index in [1.165, 1.54) is 165 Å². The summed E-state index contributed by atoms with van der Waals surface area (Å²) in [4.78, 5) is 0. The van der Waals surface area contributed by atoms with Crippen LogP contribution in [0.3, 0.4) is 0 Å². The van der Waals surface area contributed by atoms with E-state index in [0.717, 1.165) is 11.4 Å². The van der Waals surface area contributed by atoms with Crippen LogP contribution in [0, 0.1) is 0 Å². The molecule has 0 radical (unpaired) electrons. The molecule has 0 amide bonds. The van der Waals surface area contributed by atoms with Crippen molar-refractivity contribution < 1.29 is 0 Å². The summed E-state index contributed by atoms with van der Waals surface area (Å²) in [5.41, 5.74) is 29.0. The smallest absolute Gasteiger partial charge is 0.0541 e. The van der Waals surface area contributed by atoms with E-state index in [-0.39, 0.29) is 0 Å². The van der Waals surface area contributed by atoms with Crippen molar-refractivity contribution in [2.24, 2.45) is 0 Å². The molecule has 100 heavy (non-hydrogen) atoms. The molecule has 4 aromatic heterocycles. The summed E-state index contributed by atoms with van der Waals surface area (Å²) in [7, 11) is 0. The summed E-state index contributed by atoms with van der Waals surface area (Å²) in [6.07, 6.45) is 0. The number of fused-ring (bicyclic) bond motifs is 12. The second-order valence-corrected chi connectivity index (χ2v) is 26.0. The fourth-order valence-corrected chi connectivity index (χ4v) is 15.5. The number of para-hydroxylation sites is 6. The third kappa shape index (κ3) is 10.1. The zero-order valence-corrected chi connectivity index (χ0v) is 54.7. The van der Waals surface area contributed by atoms with E-state index in [0.29, 0.717) is 0 Å². The minimum atomic E-state index is 1.16. The summed E-state index contributed by atoms with van der Waals surface area (Å²) in [6, 6.07) is 141. The lowest BCUT2D eigenvalue weighted by molar-refractivity contribution is 1.18. The number of aromatic nitrogens is 4. The molecular formula is C96H64N4. The van der Waals surface area contributed by atoms with Gasteiger partial charge < -0.3 is 18.3 Å². The van der Waals surface area contributed by atoms with Crippen molar-refractivity contribution >= 4 is 87.2 Å². The van der Waals surface area contributed by atoms with Crippen molar-refractivity contribution in [1.82, 2.24) is 18.3 Å². The Hall–Kier alpha value is -13.3. The number of hydrogen-bond donors (Lipinski definition) is 0. The fraction of sp³-hybridized carbons (Fsp3) is 0. The SMILES string of the molecule is c1ccc(-c2ccc(-c3ccc(-n4c5ccccc5c5cc(-c6ccc7c(c6)c6ccccc6n7-c6ccccc6)ccc54)cc3)cc2)cc1.c1ccc(-c2ccc(-c3cccc(-n4c5ccccc5c5cc(-c6ccc7c(c6)c6ccccc6n7-c6ccccc6)ccc54)c3)cc2)cc1. The van der Waals surface area contributed by atoms with E-state index < -0.39 is 0 Å². The molecule has 16 aromatic carbocycles. The average molecular weight is 1270 g/mol. The molecule has 20 rings (SSSR count). The molecule has 0 spiro atoms. The fourth-order valence-electron chi connectivity index (χ4n) is 15.5. The van der Waals surface area contributed by atoms with Crippen molar-refractivity contribution in [3.63, 3.8) is 0 Å². The molecule has 0 N–H and O–H groups in total. The quantitative estimate of drug-likeness (QED) is 0.130. The van der Waals surface area contributed by atoms with Crippen molar-refractivity contribution in [3.05, 3.63) is 388 Å². The summed E-state index contributed by atoms with van der Waals surface area (Å²) in [6.45, 7) is 0. The first-order chi connectivity index (χ1) is 49.6. The van der Waals surface area contributed by atoms with Gasteiger partial charge in [-0.15, -0.1) is 0 Å². The number of rotatable bonds is 10. The van der Waals surface area contributed by atoms with Crippen LogP contribution < -0.4 is 0 Å². The topological polar surface area (TPSA) is 19.7 Å². The molecule has 4 heterocycles. The molecule has 20 aromatic rings. The molecule has 468 valence electrons. The Bertz CT molecular complexity index is 6450. The van der Waals surface area contributed by atoms with Crippen LogP contribution in [0.5, 0.6) is 0 Å². The Morgan fingerprint density at radius 2 is 0.310 bits per heavy atom. The normalized spacial score (nSPS) is 11.6. The van der Waals surface area contributed by atoms with E-state index in [9.17, 15) is 0 Å². The van der Waals surface area contributed by atoms with Crippen LogP contribution in [0.4, 0.5) is 0 Å². The lowest BCUT2D eigenvalue weighted by Crippen LogP contribution is -1.94. The predicted molar refractivity (Wildman–Crippen MR) is 423 cm³/mol. The van der Waals surface area contributed by atoms with Gasteiger partial charge in [-0.25, -0.2) is 0 Å². The number of hydrogen-bond acceptors (Lipinski definition) is 0. The standard InChI is InChI=1S/2C48H32N2/c1-3-12-33(13-4-1)34-22-24-35(25-23-34)36-14-11-17-40(30-36)50-46-21-10-8-19-42(46)44-32-38(27-29-48(44)50)37-26-28-47-43(31-37)41-18-7-9-20-45(41)49(47)39-15-5-2-6-16-39;1-3-11-33(12-4-1)34-19-21-35(22-20-34)36-23-27-40(28-24-36)50-46-18-10-8-16-42(46)44-32-38(26-30-48(44)50)37-25-29-47-43(31-37)41-15-7-9-17-45(41)49(47)39-13-5-2-6-14-39/h2*1-32H. The van der Waals surface area contributed by atoms with Crippen molar-refractivity contribution in [2.75, 3.05) is 0 Å². The Labute approximate surface area is 579 Å². The number of nitrogens with zero attached hydrogens (tertiary/aromatic N) is 4. The lowest BCUT2D eigenvalue weighted by Gasteiger charge is -2.11. The Balaban J connectivity index is 0.000000139. The minimum Gasteiger partial charge on any atom is -0.309 e. The van der Waals surface area contributed by atoms with E-state index >= 15 is 0 Å². The third-order valence-corrected chi connectivity index (χ3v) is 20.3. The van der Waals surface area contributed by atoms with E-state index in [1.807, 2.05) is 0 Å². The zero-order valence-electron chi connectivity index (χ0n) is 54.7. The van der Waals surface area contributed by atoms with Gasteiger partial charge >= 0.3 is 0 Å². The van der Waals surface area contributed by atoms with Crippen LogP contribution >= 0.6 is 0 Å². The second-order valence-electron chi connectivity index (χ2n) is 26.0. The minimum absolute atomic E-state index is 1.16. The first-order valence-electron chi connectivity index (χ1n) is 34.4. The van der Waals surface area contributed by atoms with Crippen LogP contribution in [0.2, 0.25) is 0 Å². The highest BCUT2D eigenvalue weighted by Gasteiger charge is 2.20. The van der Waals surface area contributed by atoms with Gasteiger partial charge in [-0.3, -0.25) is 0 Å². The molecule has 0 unspecified atom stereocenters. The van der Waals surface area contributed by atoms with Gasteiger partial charge in [-0.05, 0) is 188 Å². The van der Waals surface area contributed by atoms with Gasteiger partial charge in [0.1, 0.15) is 0 Å². The average Bonchev–Trinajstić information content (AvgIpc) is 1.59. The van der Waals surface area contributed by atoms with Gasteiger partial charge in [0, 0.05) is 65.8 Å².